The van der Waals surface area contributed by atoms with Crippen LogP contribution in [-0.2, 0) is 10.0 Å². The number of carbonyl (C=O) groups excluding carboxylic acids is 1. The number of nitrogens with zero attached hydrogens (tertiary/aromatic N) is 2. The van der Waals surface area contributed by atoms with E-state index in [4.69, 9.17) is 4.42 Å². The Bertz CT molecular complexity index is 1090. The van der Waals surface area contributed by atoms with Crippen LogP contribution in [0.1, 0.15) is 64.1 Å². The zero-order valence-electron chi connectivity index (χ0n) is 20.5. The molecule has 7 heteroatoms. The standard InChI is InChI=1S/C26H36N2O4S/c1-17-18(2)20(4)25(21(5)19(17)3)33(30,31)28-14-10-23(11-15-28)22-8-12-27(13-9-22)26(29)24-7-6-16-32-24/h6-7,16,22-23H,8-15H2,1-5H3. The molecule has 33 heavy (non-hydrogen) atoms. The van der Waals surface area contributed by atoms with Crippen LogP contribution in [0.5, 0.6) is 0 Å². The fourth-order valence-electron chi connectivity index (χ4n) is 5.70. The average Bonchev–Trinajstić information content (AvgIpc) is 3.36. The van der Waals surface area contributed by atoms with Crippen molar-refractivity contribution < 1.29 is 17.6 Å². The van der Waals surface area contributed by atoms with Crippen LogP contribution in [0.3, 0.4) is 0 Å². The molecule has 0 unspecified atom stereocenters. The summed E-state index contributed by atoms with van der Waals surface area (Å²) in [6.07, 6.45) is 5.25. The maximum Gasteiger partial charge on any atom is 0.289 e. The van der Waals surface area contributed by atoms with Crippen LogP contribution in [0, 0.1) is 46.5 Å². The minimum Gasteiger partial charge on any atom is -0.459 e. The number of amides is 1. The smallest absolute Gasteiger partial charge is 0.289 e. The molecule has 3 heterocycles. The highest BCUT2D eigenvalue weighted by Crippen LogP contribution is 2.36. The molecular formula is C26H36N2O4S. The highest BCUT2D eigenvalue weighted by molar-refractivity contribution is 7.89. The first-order chi connectivity index (χ1) is 15.6. The second-order valence-electron chi connectivity index (χ2n) is 9.80. The van der Waals surface area contributed by atoms with Gasteiger partial charge in [-0.05, 0) is 112 Å². The monoisotopic (exact) mass is 472 g/mol. The van der Waals surface area contributed by atoms with E-state index < -0.39 is 10.0 Å². The summed E-state index contributed by atoms with van der Waals surface area (Å²) in [5.74, 6) is 1.43. The lowest BCUT2D eigenvalue weighted by Crippen LogP contribution is -2.44. The second-order valence-corrected chi connectivity index (χ2v) is 11.7. The summed E-state index contributed by atoms with van der Waals surface area (Å²) in [6, 6.07) is 3.45. The van der Waals surface area contributed by atoms with Crippen LogP contribution in [-0.4, -0.2) is 49.7 Å². The van der Waals surface area contributed by atoms with Crippen LogP contribution in [0.4, 0.5) is 0 Å². The van der Waals surface area contributed by atoms with E-state index in [2.05, 4.69) is 6.92 Å². The van der Waals surface area contributed by atoms with E-state index in [1.165, 1.54) is 11.8 Å². The van der Waals surface area contributed by atoms with Gasteiger partial charge in [0.1, 0.15) is 0 Å². The number of hydrogen-bond acceptors (Lipinski definition) is 4. The summed E-state index contributed by atoms with van der Waals surface area (Å²) in [4.78, 5) is 14.9. The Morgan fingerprint density at radius 2 is 1.30 bits per heavy atom. The van der Waals surface area contributed by atoms with Gasteiger partial charge in [0.05, 0.1) is 11.2 Å². The highest BCUT2D eigenvalue weighted by atomic mass is 32.2. The van der Waals surface area contributed by atoms with Crippen molar-refractivity contribution in [3.63, 3.8) is 0 Å². The van der Waals surface area contributed by atoms with Crippen molar-refractivity contribution in [3.05, 3.63) is 52.0 Å². The molecule has 0 bridgehead atoms. The molecule has 6 nitrogen and oxygen atoms in total. The van der Waals surface area contributed by atoms with Crippen LogP contribution < -0.4 is 0 Å². The van der Waals surface area contributed by atoms with Gasteiger partial charge >= 0.3 is 0 Å². The van der Waals surface area contributed by atoms with Crippen molar-refractivity contribution in [2.24, 2.45) is 11.8 Å². The van der Waals surface area contributed by atoms with E-state index in [0.717, 1.165) is 61.0 Å². The van der Waals surface area contributed by atoms with Crippen molar-refractivity contribution in [2.45, 2.75) is 65.2 Å². The topological polar surface area (TPSA) is 70.8 Å². The maximum atomic E-state index is 13.6. The molecule has 2 fully saturated rings. The number of benzene rings is 1. The van der Waals surface area contributed by atoms with Crippen molar-refractivity contribution >= 4 is 15.9 Å². The van der Waals surface area contributed by atoms with Gasteiger partial charge in [-0.2, -0.15) is 4.31 Å². The molecule has 2 aromatic rings. The lowest BCUT2D eigenvalue weighted by atomic mass is 9.79. The van der Waals surface area contributed by atoms with E-state index in [1.54, 1.807) is 16.4 Å². The molecule has 1 amide bonds. The molecule has 0 radical (unpaired) electrons. The number of hydrogen-bond donors (Lipinski definition) is 0. The molecule has 2 aliphatic rings. The molecule has 0 N–H and O–H groups in total. The molecule has 2 saturated heterocycles. The van der Waals surface area contributed by atoms with Crippen molar-refractivity contribution in [1.29, 1.82) is 0 Å². The Balaban J connectivity index is 1.39. The second kappa shape index (κ2) is 9.26. The van der Waals surface area contributed by atoms with Crippen LogP contribution >= 0.6 is 0 Å². The SMILES string of the molecule is Cc1c(C)c(C)c(S(=O)(=O)N2CCC(C3CCN(C(=O)c4ccco4)CC3)CC2)c(C)c1C. The first kappa shape index (κ1) is 24.0. The average molecular weight is 473 g/mol. The van der Waals surface area contributed by atoms with E-state index in [0.29, 0.717) is 35.6 Å². The van der Waals surface area contributed by atoms with Crippen LogP contribution in [0.2, 0.25) is 0 Å². The van der Waals surface area contributed by atoms with Crippen LogP contribution in [0.15, 0.2) is 27.7 Å². The van der Waals surface area contributed by atoms with Gasteiger partial charge in [0.15, 0.2) is 5.76 Å². The molecule has 180 valence electrons. The summed E-state index contributed by atoms with van der Waals surface area (Å²) in [5.41, 5.74) is 5.09. The number of likely N-dealkylation sites (tertiary alicyclic amines) is 1. The van der Waals surface area contributed by atoms with E-state index in [9.17, 15) is 13.2 Å². The third-order valence-corrected chi connectivity index (χ3v) is 10.4. The van der Waals surface area contributed by atoms with E-state index in [-0.39, 0.29) is 5.91 Å². The number of piperidine rings is 2. The first-order valence-electron chi connectivity index (χ1n) is 12.0. The molecule has 4 rings (SSSR count). The summed E-state index contributed by atoms with van der Waals surface area (Å²) >= 11 is 0. The first-order valence-corrected chi connectivity index (χ1v) is 13.5. The lowest BCUT2D eigenvalue weighted by Gasteiger charge is -2.40. The van der Waals surface area contributed by atoms with Gasteiger partial charge in [0, 0.05) is 26.2 Å². The van der Waals surface area contributed by atoms with Gasteiger partial charge < -0.3 is 9.32 Å². The molecule has 0 atom stereocenters. The molecule has 0 aliphatic carbocycles. The van der Waals surface area contributed by atoms with Crippen molar-refractivity contribution in [1.82, 2.24) is 9.21 Å². The Hall–Kier alpha value is -2.12. The van der Waals surface area contributed by atoms with E-state index in [1.807, 2.05) is 32.6 Å². The van der Waals surface area contributed by atoms with Crippen molar-refractivity contribution in [3.8, 4) is 0 Å². The summed E-state index contributed by atoms with van der Waals surface area (Å²) in [5, 5.41) is 0. The molecule has 0 saturated carbocycles. The van der Waals surface area contributed by atoms with Gasteiger partial charge in [-0.15, -0.1) is 0 Å². The molecular weight excluding hydrogens is 436 g/mol. The molecule has 2 aliphatic heterocycles. The van der Waals surface area contributed by atoms with E-state index >= 15 is 0 Å². The molecule has 1 aromatic carbocycles. The van der Waals surface area contributed by atoms with Gasteiger partial charge in [-0.1, -0.05) is 0 Å². The number of furan rings is 1. The summed E-state index contributed by atoms with van der Waals surface area (Å²) in [7, 11) is -3.51. The Labute approximate surface area is 198 Å². The number of sulfonamides is 1. The van der Waals surface area contributed by atoms with Crippen LogP contribution in [0.25, 0.3) is 0 Å². The zero-order valence-corrected chi connectivity index (χ0v) is 21.3. The third kappa shape index (κ3) is 4.37. The minimum atomic E-state index is -3.51. The highest BCUT2D eigenvalue weighted by Gasteiger charge is 2.36. The lowest BCUT2D eigenvalue weighted by molar-refractivity contribution is 0.0599. The predicted octanol–water partition coefficient (Wildman–Crippen LogP) is 4.77. The summed E-state index contributed by atoms with van der Waals surface area (Å²) < 4.78 is 34.2. The third-order valence-electron chi connectivity index (χ3n) is 8.25. The van der Waals surface area contributed by atoms with Gasteiger partial charge in [-0.3, -0.25) is 4.79 Å². The Kier molecular flexibility index (Phi) is 6.74. The number of carbonyl (C=O) groups is 1. The van der Waals surface area contributed by atoms with Gasteiger partial charge in [-0.25, -0.2) is 8.42 Å². The fraction of sp³-hybridized carbons (Fsp3) is 0.577. The predicted molar refractivity (Wildman–Crippen MR) is 129 cm³/mol. The van der Waals surface area contributed by atoms with Gasteiger partial charge in [0.25, 0.3) is 5.91 Å². The maximum absolute atomic E-state index is 13.6. The normalized spacial score (nSPS) is 19.2. The molecule has 1 aromatic heterocycles. The summed E-state index contributed by atoms with van der Waals surface area (Å²) in [6.45, 7) is 12.6. The van der Waals surface area contributed by atoms with Gasteiger partial charge in [0.2, 0.25) is 10.0 Å². The molecule has 0 spiro atoms. The largest absolute Gasteiger partial charge is 0.459 e. The number of rotatable bonds is 4. The zero-order chi connectivity index (χ0) is 23.9. The fourth-order valence-corrected chi connectivity index (χ4v) is 7.73. The minimum absolute atomic E-state index is 0.0335. The Morgan fingerprint density at radius 1 is 0.818 bits per heavy atom. The van der Waals surface area contributed by atoms with Crippen molar-refractivity contribution in [2.75, 3.05) is 26.2 Å². The quantitative estimate of drug-likeness (QED) is 0.642. The Morgan fingerprint density at radius 3 is 1.79 bits per heavy atom.